The first-order chi connectivity index (χ1) is 9.74. The Labute approximate surface area is 124 Å². The highest BCUT2D eigenvalue weighted by Crippen LogP contribution is 2.33. The van der Waals surface area contributed by atoms with Crippen LogP contribution < -0.4 is 4.74 Å². The summed E-state index contributed by atoms with van der Waals surface area (Å²) in [6.45, 7) is 4.98. The molecule has 1 aromatic heterocycles. The summed E-state index contributed by atoms with van der Waals surface area (Å²) in [6.07, 6.45) is 4.58. The van der Waals surface area contributed by atoms with Crippen LogP contribution in [-0.2, 0) is 6.42 Å². The van der Waals surface area contributed by atoms with Gasteiger partial charge in [0.1, 0.15) is 5.75 Å². The van der Waals surface area contributed by atoms with Crippen molar-refractivity contribution < 1.29 is 4.74 Å². The Kier molecular flexibility index (Phi) is 5.41. The molecule has 20 heavy (non-hydrogen) atoms. The van der Waals surface area contributed by atoms with Gasteiger partial charge in [-0.2, -0.15) is 15.4 Å². The molecule has 5 heteroatoms. The molecule has 0 fully saturated rings. The highest BCUT2D eigenvalue weighted by molar-refractivity contribution is 6.30. The highest BCUT2D eigenvalue weighted by Gasteiger charge is 2.17. The number of nitrogens with zero attached hydrogens (tertiary/aromatic N) is 2. The quantitative estimate of drug-likeness (QED) is 0.840. The third-order valence-corrected chi connectivity index (χ3v) is 3.52. The van der Waals surface area contributed by atoms with E-state index in [1.54, 1.807) is 6.20 Å². The fraction of sp³-hybridized carbons (Fsp3) is 0.467. The molecule has 0 saturated carbocycles. The maximum Gasteiger partial charge on any atom is 0.122 e. The summed E-state index contributed by atoms with van der Waals surface area (Å²) in [4.78, 5) is 0. The molecule has 1 unspecified atom stereocenters. The maximum atomic E-state index is 6.14. The molecule has 0 spiro atoms. The second-order valence-corrected chi connectivity index (χ2v) is 5.24. The summed E-state index contributed by atoms with van der Waals surface area (Å²) in [5, 5.41) is 11.4. The Bertz CT molecular complexity index is 528. The van der Waals surface area contributed by atoms with E-state index in [0.29, 0.717) is 5.92 Å². The van der Waals surface area contributed by atoms with Crippen molar-refractivity contribution in [2.45, 2.75) is 39.0 Å². The van der Waals surface area contributed by atoms with Crippen molar-refractivity contribution in [3.63, 3.8) is 0 Å². The monoisotopic (exact) mass is 293 g/mol. The zero-order chi connectivity index (χ0) is 14.4. The van der Waals surface area contributed by atoms with Gasteiger partial charge in [-0.3, -0.25) is 0 Å². The molecule has 1 N–H and O–H groups in total. The second-order valence-electron chi connectivity index (χ2n) is 4.80. The minimum Gasteiger partial charge on any atom is -0.493 e. The van der Waals surface area contributed by atoms with Gasteiger partial charge in [-0.25, -0.2) is 0 Å². The number of aromatic nitrogens is 3. The molecule has 1 atom stereocenters. The smallest absolute Gasteiger partial charge is 0.122 e. The first-order valence-electron chi connectivity index (χ1n) is 7.01. The van der Waals surface area contributed by atoms with E-state index < -0.39 is 0 Å². The van der Waals surface area contributed by atoms with Gasteiger partial charge in [0.2, 0.25) is 0 Å². The number of H-pyrrole nitrogens is 1. The minimum absolute atomic E-state index is 0.325. The van der Waals surface area contributed by atoms with Crippen LogP contribution in [0.3, 0.4) is 0 Å². The van der Waals surface area contributed by atoms with E-state index in [1.807, 2.05) is 18.2 Å². The lowest BCUT2D eigenvalue weighted by molar-refractivity contribution is 0.311. The summed E-state index contributed by atoms with van der Waals surface area (Å²) in [5.41, 5.74) is 2.11. The highest BCUT2D eigenvalue weighted by atomic mass is 35.5. The molecular weight excluding hydrogens is 274 g/mol. The van der Waals surface area contributed by atoms with Gasteiger partial charge in [0, 0.05) is 11.4 Å². The molecule has 0 aliphatic rings. The number of ether oxygens (including phenoxy) is 1. The fourth-order valence-corrected chi connectivity index (χ4v) is 2.41. The molecule has 0 amide bonds. The van der Waals surface area contributed by atoms with Gasteiger partial charge in [0.05, 0.1) is 18.5 Å². The zero-order valence-electron chi connectivity index (χ0n) is 11.9. The summed E-state index contributed by atoms with van der Waals surface area (Å²) in [6, 6.07) is 5.83. The van der Waals surface area contributed by atoms with Crippen LogP contribution in [-0.4, -0.2) is 22.0 Å². The van der Waals surface area contributed by atoms with E-state index in [1.165, 1.54) is 0 Å². The first kappa shape index (κ1) is 14.9. The molecule has 0 aliphatic heterocycles. The Balaban J connectivity index is 2.24. The van der Waals surface area contributed by atoms with Crippen LogP contribution in [0.15, 0.2) is 24.4 Å². The largest absolute Gasteiger partial charge is 0.493 e. The second kappa shape index (κ2) is 7.29. The van der Waals surface area contributed by atoms with Crippen molar-refractivity contribution in [2.24, 2.45) is 0 Å². The fourth-order valence-electron chi connectivity index (χ4n) is 2.23. The molecule has 1 aromatic carbocycles. The Hall–Kier alpha value is -1.55. The van der Waals surface area contributed by atoms with Crippen LogP contribution in [0, 0.1) is 0 Å². The van der Waals surface area contributed by atoms with Gasteiger partial charge < -0.3 is 4.74 Å². The van der Waals surface area contributed by atoms with E-state index >= 15 is 0 Å². The lowest BCUT2D eigenvalue weighted by Crippen LogP contribution is -2.06. The van der Waals surface area contributed by atoms with Gasteiger partial charge >= 0.3 is 0 Å². The van der Waals surface area contributed by atoms with Crippen molar-refractivity contribution in [3.05, 3.63) is 40.7 Å². The number of hydrogen-bond donors (Lipinski definition) is 1. The van der Waals surface area contributed by atoms with E-state index in [2.05, 4.69) is 29.3 Å². The van der Waals surface area contributed by atoms with Crippen molar-refractivity contribution in [3.8, 4) is 5.75 Å². The van der Waals surface area contributed by atoms with Crippen LogP contribution in [0.2, 0.25) is 5.02 Å². The standard InChI is InChI=1S/C15H20ClN3O/c1-3-7-20-15-6-5-12(16)9-14(15)11(4-2)8-13-10-17-19-18-13/h5-6,9-11H,3-4,7-8H2,1-2H3,(H,17,18,19). The predicted molar refractivity (Wildman–Crippen MR) is 80.4 cm³/mol. The van der Waals surface area contributed by atoms with Crippen LogP contribution in [0.4, 0.5) is 0 Å². The van der Waals surface area contributed by atoms with Crippen LogP contribution in [0.1, 0.15) is 43.9 Å². The molecule has 2 aromatic rings. The summed E-state index contributed by atoms with van der Waals surface area (Å²) >= 11 is 6.14. The SMILES string of the molecule is CCCOc1ccc(Cl)cc1C(CC)Cc1cn[nH]n1. The predicted octanol–water partition coefficient (Wildman–Crippen LogP) is 3.98. The number of rotatable bonds is 7. The zero-order valence-corrected chi connectivity index (χ0v) is 12.7. The average Bonchev–Trinajstić information content (AvgIpc) is 2.96. The van der Waals surface area contributed by atoms with E-state index in [-0.39, 0.29) is 0 Å². The van der Waals surface area contributed by atoms with Crippen molar-refractivity contribution in [1.29, 1.82) is 0 Å². The molecule has 2 rings (SSSR count). The minimum atomic E-state index is 0.325. The van der Waals surface area contributed by atoms with Crippen LogP contribution >= 0.6 is 11.6 Å². The van der Waals surface area contributed by atoms with E-state index in [9.17, 15) is 0 Å². The van der Waals surface area contributed by atoms with Gasteiger partial charge in [-0.05, 0) is 42.5 Å². The van der Waals surface area contributed by atoms with Gasteiger partial charge in [-0.15, -0.1) is 0 Å². The number of halogens is 1. The molecule has 4 nitrogen and oxygen atoms in total. The number of benzene rings is 1. The van der Waals surface area contributed by atoms with Crippen molar-refractivity contribution in [1.82, 2.24) is 15.4 Å². The molecule has 108 valence electrons. The van der Waals surface area contributed by atoms with Crippen LogP contribution in [0.25, 0.3) is 0 Å². The van der Waals surface area contributed by atoms with Gasteiger partial charge in [-0.1, -0.05) is 25.4 Å². The summed E-state index contributed by atoms with van der Waals surface area (Å²) in [7, 11) is 0. The molecule has 0 aliphatic carbocycles. The lowest BCUT2D eigenvalue weighted by atomic mass is 9.91. The number of nitrogens with one attached hydrogen (secondary N) is 1. The van der Waals surface area contributed by atoms with Crippen molar-refractivity contribution in [2.75, 3.05) is 6.61 Å². The maximum absolute atomic E-state index is 6.14. The third-order valence-electron chi connectivity index (χ3n) is 3.29. The summed E-state index contributed by atoms with van der Waals surface area (Å²) in [5.74, 6) is 1.25. The molecule has 1 heterocycles. The molecule has 0 bridgehead atoms. The molecular formula is C15H20ClN3O. The topological polar surface area (TPSA) is 50.8 Å². The number of hydrogen-bond acceptors (Lipinski definition) is 3. The Morgan fingerprint density at radius 3 is 2.85 bits per heavy atom. The lowest BCUT2D eigenvalue weighted by Gasteiger charge is -2.19. The third kappa shape index (κ3) is 3.73. The Morgan fingerprint density at radius 2 is 2.20 bits per heavy atom. The Morgan fingerprint density at radius 1 is 1.35 bits per heavy atom. The van der Waals surface area contributed by atoms with Gasteiger partial charge in [0.15, 0.2) is 0 Å². The van der Waals surface area contributed by atoms with Crippen molar-refractivity contribution >= 4 is 11.6 Å². The van der Waals surface area contributed by atoms with E-state index in [4.69, 9.17) is 16.3 Å². The summed E-state index contributed by atoms with van der Waals surface area (Å²) < 4.78 is 5.84. The first-order valence-corrected chi connectivity index (χ1v) is 7.39. The number of aromatic amines is 1. The van der Waals surface area contributed by atoms with Gasteiger partial charge in [0.25, 0.3) is 0 Å². The van der Waals surface area contributed by atoms with E-state index in [0.717, 1.165) is 47.9 Å². The van der Waals surface area contributed by atoms with Crippen LogP contribution in [0.5, 0.6) is 5.75 Å². The molecule has 0 radical (unpaired) electrons. The average molecular weight is 294 g/mol. The molecule has 0 saturated heterocycles. The normalized spacial score (nSPS) is 12.3.